The third-order valence-electron chi connectivity index (χ3n) is 5.29. The van der Waals surface area contributed by atoms with Crippen molar-refractivity contribution < 1.29 is 19.1 Å². The first-order chi connectivity index (χ1) is 15.8. The number of methoxy groups -OCH3 is 1. The third-order valence-corrected chi connectivity index (χ3v) is 6.19. The van der Waals surface area contributed by atoms with Crippen LogP contribution in [0.4, 0.5) is 0 Å². The summed E-state index contributed by atoms with van der Waals surface area (Å²) < 4.78 is 6.79. The summed E-state index contributed by atoms with van der Waals surface area (Å²) in [7, 11) is 1.30. The molecule has 0 aliphatic rings. The van der Waals surface area contributed by atoms with Crippen molar-refractivity contribution in [3.8, 4) is 22.0 Å². The molecule has 3 rings (SSSR count). The van der Waals surface area contributed by atoms with Gasteiger partial charge in [-0.3, -0.25) is 14.6 Å². The first-order valence-electron chi connectivity index (χ1n) is 10.5. The third kappa shape index (κ3) is 5.83. The van der Waals surface area contributed by atoms with Crippen LogP contribution in [0.2, 0.25) is 0 Å². The molecule has 2 amide bonds. The van der Waals surface area contributed by atoms with Crippen molar-refractivity contribution >= 4 is 29.1 Å². The number of rotatable bonds is 10. The quantitative estimate of drug-likeness (QED) is 0.347. The summed E-state index contributed by atoms with van der Waals surface area (Å²) in [6, 6.07) is 4.90. The van der Waals surface area contributed by atoms with E-state index < -0.39 is 17.9 Å². The SMILES string of the molecule is COC(=O)C(CCCCn1c(-c2csc(-c3cccnc3)n2)cc(C(N)=O)c1C)NC(C)=O. The van der Waals surface area contributed by atoms with E-state index in [9.17, 15) is 14.4 Å². The lowest BCUT2D eigenvalue weighted by Gasteiger charge is -2.16. The van der Waals surface area contributed by atoms with Gasteiger partial charge in [-0.25, -0.2) is 9.78 Å². The number of amides is 2. The first kappa shape index (κ1) is 24.1. The minimum Gasteiger partial charge on any atom is -0.467 e. The van der Waals surface area contributed by atoms with Crippen LogP contribution in [-0.4, -0.2) is 45.5 Å². The van der Waals surface area contributed by atoms with Crippen LogP contribution >= 0.6 is 11.3 Å². The van der Waals surface area contributed by atoms with Gasteiger partial charge in [-0.1, -0.05) is 0 Å². The van der Waals surface area contributed by atoms with Gasteiger partial charge in [0.25, 0.3) is 5.91 Å². The van der Waals surface area contributed by atoms with Gasteiger partial charge >= 0.3 is 5.97 Å². The molecule has 0 saturated heterocycles. The number of hydrogen-bond acceptors (Lipinski definition) is 7. The summed E-state index contributed by atoms with van der Waals surface area (Å²) in [5.74, 6) is -1.25. The second-order valence-corrected chi connectivity index (χ2v) is 8.45. The molecule has 0 saturated carbocycles. The van der Waals surface area contributed by atoms with Gasteiger partial charge in [0.1, 0.15) is 11.0 Å². The van der Waals surface area contributed by atoms with Gasteiger partial charge in [0.15, 0.2) is 0 Å². The number of thiazole rings is 1. The van der Waals surface area contributed by atoms with E-state index in [4.69, 9.17) is 15.5 Å². The predicted molar refractivity (Wildman–Crippen MR) is 125 cm³/mol. The monoisotopic (exact) mass is 469 g/mol. The summed E-state index contributed by atoms with van der Waals surface area (Å²) in [6.07, 6.45) is 5.30. The molecule has 3 aromatic rings. The van der Waals surface area contributed by atoms with E-state index in [0.29, 0.717) is 31.4 Å². The Bertz CT molecular complexity index is 1140. The van der Waals surface area contributed by atoms with Crippen LogP contribution < -0.4 is 11.1 Å². The molecular weight excluding hydrogens is 442 g/mol. The number of carbonyl (C=O) groups excluding carboxylic acids is 3. The number of nitrogens with one attached hydrogen (secondary N) is 1. The number of esters is 1. The maximum absolute atomic E-state index is 12.0. The highest BCUT2D eigenvalue weighted by Gasteiger charge is 2.21. The maximum Gasteiger partial charge on any atom is 0.328 e. The van der Waals surface area contributed by atoms with E-state index in [1.54, 1.807) is 18.5 Å². The number of pyridine rings is 1. The van der Waals surface area contributed by atoms with Crippen LogP contribution in [0, 0.1) is 6.92 Å². The number of nitrogens with two attached hydrogens (primary N) is 1. The van der Waals surface area contributed by atoms with Crippen molar-refractivity contribution in [2.45, 2.75) is 45.7 Å². The van der Waals surface area contributed by atoms with Gasteiger partial charge in [0.05, 0.1) is 24.1 Å². The standard InChI is InChI=1S/C23H27N5O4S/c1-14-17(21(24)30)11-20(19-13-33-22(27-19)16-7-6-9-25-12-16)28(14)10-5-4-8-18(23(31)32-3)26-15(2)29/h6-7,9,11-13,18H,4-5,8,10H2,1-3H3,(H2,24,30)(H,26,29). The fourth-order valence-corrected chi connectivity index (χ4v) is 4.47. The van der Waals surface area contributed by atoms with E-state index >= 15 is 0 Å². The Morgan fingerprint density at radius 2 is 2.09 bits per heavy atom. The van der Waals surface area contributed by atoms with E-state index in [1.807, 2.05) is 29.0 Å². The maximum atomic E-state index is 12.0. The van der Waals surface area contributed by atoms with Gasteiger partial charge in [-0.15, -0.1) is 11.3 Å². The summed E-state index contributed by atoms with van der Waals surface area (Å²) in [4.78, 5) is 44.1. The van der Waals surface area contributed by atoms with Crippen LogP contribution in [-0.2, 0) is 20.9 Å². The summed E-state index contributed by atoms with van der Waals surface area (Å²) in [6.45, 7) is 3.82. The van der Waals surface area contributed by atoms with Crippen molar-refractivity contribution in [1.82, 2.24) is 19.9 Å². The fraction of sp³-hybridized carbons (Fsp3) is 0.348. The molecule has 3 aromatic heterocycles. The zero-order valence-electron chi connectivity index (χ0n) is 18.8. The van der Waals surface area contributed by atoms with Crippen molar-refractivity contribution in [3.63, 3.8) is 0 Å². The molecule has 9 nitrogen and oxygen atoms in total. The van der Waals surface area contributed by atoms with Crippen LogP contribution in [0.3, 0.4) is 0 Å². The minimum absolute atomic E-state index is 0.284. The van der Waals surface area contributed by atoms with Crippen LogP contribution in [0.5, 0.6) is 0 Å². The summed E-state index contributed by atoms with van der Waals surface area (Å²) >= 11 is 1.50. The Morgan fingerprint density at radius 3 is 2.73 bits per heavy atom. The summed E-state index contributed by atoms with van der Waals surface area (Å²) in [5, 5.41) is 5.40. The van der Waals surface area contributed by atoms with Crippen molar-refractivity contribution in [2.75, 3.05) is 7.11 Å². The molecule has 3 heterocycles. The molecule has 1 unspecified atom stereocenters. The fourth-order valence-electron chi connectivity index (χ4n) is 3.66. The smallest absolute Gasteiger partial charge is 0.328 e. The molecular formula is C23H27N5O4S. The zero-order valence-corrected chi connectivity index (χ0v) is 19.6. The molecule has 0 aromatic carbocycles. The molecule has 0 bridgehead atoms. The molecule has 0 spiro atoms. The highest BCUT2D eigenvalue weighted by Crippen LogP contribution is 2.31. The van der Waals surface area contributed by atoms with Gasteiger partial charge in [0.2, 0.25) is 5.91 Å². The molecule has 0 aliphatic carbocycles. The molecule has 10 heteroatoms. The summed E-state index contributed by atoms with van der Waals surface area (Å²) in [5.41, 5.74) is 9.28. The van der Waals surface area contributed by atoms with Gasteiger partial charge in [0, 0.05) is 42.5 Å². The number of nitrogens with zero attached hydrogens (tertiary/aromatic N) is 3. The van der Waals surface area contributed by atoms with Gasteiger partial charge in [-0.2, -0.15) is 0 Å². The molecule has 0 fully saturated rings. The molecule has 3 N–H and O–H groups in total. The number of carbonyl (C=O) groups is 3. The Hall–Kier alpha value is -3.53. The highest BCUT2D eigenvalue weighted by molar-refractivity contribution is 7.13. The van der Waals surface area contributed by atoms with Crippen LogP contribution in [0.25, 0.3) is 22.0 Å². The second kappa shape index (κ2) is 10.9. The van der Waals surface area contributed by atoms with Gasteiger partial charge < -0.3 is 20.4 Å². The minimum atomic E-state index is -0.681. The number of hydrogen-bond donors (Lipinski definition) is 2. The number of aromatic nitrogens is 3. The number of ether oxygens (including phenoxy) is 1. The van der Waals surface area contributed by atoms with Crippen molar-refractivity contribution in [2.24, 2.45) is 5.73 Å². The van der Waals surface area contributed by atoms with Crippen molar-refractivity contribution in [3.05, 3.63) is 47.2 Å². The zero-order chi connectivity index (χ0) is 24.0. The van der Waals surface area contributed by atoms with Gasteiger partial charge in [-0.05, 0) is 44.4 Å². The lowest BCUT2D eigenvalue weighted by Crippen LogP contribution is -2.40. The number of unbranched alkanes of at least 4 members (excludes halogenated alkanes) is 1. The lowest BCUT2D eigenvalue weighted by molar-refractivity contribution is -0.145. The van der Waals surface area contributed by atoms with E-state index in [1.165, 1.54) is 25.4 Å². The van der Waals surface area contributed by atoms with E-state index in [-0.39, 0.29) is 5.91 Å². The molecule has 0 aliphatic heterocycles. The Kier molecular flexibility index (Phi) is 7.94. The molecule has 33 heavy (non-hydrogen) atoms. The average molecular weight is 470 g/mol. The Labute approximate surface area is 196 Å². The Balaban J connectivity index is 1.78. The second-order valence-electron chi connectivity index (χ2n) is 7.60. The molecule has 174 valence electrons. The largest absolute Gasteiger partial charge is 0.467 e. The predicted octanol–water partition coefficient (Wildman–Crippen LogP) is 2.93. The Morgan fingerprint density at radius 1 is 1.30 bits per heavy atom. The van der Waals surface area contributed by atoms with Crippen LogP contribution in [0.15, 0.2) is 36.0 Å². The topological polar surface area (TPSA) is 129 Å². The van der Waals surface area contributed by atoms with Crippen molar-refractivity contribution in [1.29, 1.82) is 0 Å². The number of primary amides is 1. The van der Waals surface area contributed by atoms with E-state index in [0.717, 1.165) is 27.7 Å². The first-order valence-corrected chi connectivity index (χ1v) is 11.4. The molecule has 0 radical (unpaired) electrons. The normalized spacial score (nSPS) is 11.7. The van der Waals surface area contributed by atoms with E-state index in [2.05, 4.69) is 10.3 Å². The average Bonchev–Trinajstić information content (AvgIpc) is 3.40. The molecule has 1 atom stereocenters. The highest BCUT2D eigenvalue weighted by atomic mass is 32.1. The van der Waals surface area contributed by atoms with Crippen LogP contribution in [0.1, 0.15) is 42.2 Å². The lowest BCUT2D eigenvalue weighted by atomic mass is 10.1.